The van der Waals surface area contributed by atoms with Gasteiger partial charge in [-0.05, 0) is 0 Å². The Morgan fingerprint density at radius 1 is 0.338 bits per heavy atom. The van der Waals surface area contributed by atoms with E-state index in [1.807, 2.05) is 0 Å². The van der Waals surface area contributed by atoms with Crippen molar-refractivity contribution < 1.29 is 48.9 Å². The van der Waals surface area contributed by atoms with E-state index < -0.39 is 50.7 Å². The van der Waals surface area contributed by atoms with Crippen molar-refractivity contribution >= 4 is 53.3 Å². The molecule has 0 saturated heterocycles. The van der Waals surface area contributed by atoms with Gasteiger partial charge < -0.3 is 0 Å². The van der Waals surface area contributed by atoms with E-state index in [1.165, 1.54) is 24.3 Å². The van der Waals surface area contributed by atoms with E-state index >= 15 is 0 Å². The third kappa shape index (κ3) is 9.37. The SMILES string of the molecule is N#Cc1ccc(OP(OB(Oc2cc(C(F)(F)F)cc(C(F)(F)F)c2)OP(Oc2ccc(C#N)cc2)(c2ccccc2)(c2ccccc2)c2ccccc2)(c2ccccc2)(c2ccccc2)c2ccccc2)cc1. The molecule has 0 aliphatic rings. The van der Waals surface area contributed by atoms with E-state index in [2.05, 4.69) is 12.1 Å². The Labute approximate surface area is 423 Å². The standard InChI is InChI=1S/C58H41BF6N2O5P2/c60-57(61,62)46-39-47(58(63,64)65)41-50(40-46)68-59(71-73(51-19-7-1-8-20-51,52-21-9-2-10-22-52,53-23-11-3-12-24-53)69-48-35-31-44(42-66)32-36-48)72-74(54-25-13-4-14-26-54,55-27-15-5-16-28-55,56-29-17-6-18-30-56)70-49-37-33-45(43-67)34-38-49/h1-41H. The molecule has 0 radical (unpaired) electrons. The van der Waals surface area contributed by atoms with Crippen LogP contribution in [0.4, 0.5) is 26.3 Å². The fourth-order valence-corrected chi connectivity index (χ4v) is 18.4. The molecule has 0 amide bonds. The average molecular weight is 1030 g/mol. The van der Waals surface area contributed by atoms with Gasteiger partial charge in [0.2, 0.25) is 0 Å². The topological polar surface area (TPSA) is 93.7 Å². The molecular weight excluding hydrogens is 991 g/mol. The van der Waals surface area contributed by atoms with Crippen molar-refractivity contribution in [3.05, 3.63) is 271 Å². The van der Waals surface area contributed by atoms with Gasteiger partial charge in [0.05, 0.1) is 0 Å². The number of hydrogen-bond acceptors (Lipinski definition) is 7. The summed E-state index contributed by atoms with van der Waals surface area (Å²) in [7, 11) is -13.4. The van der Waals surface area contributed by atoms with Crippen molar-refractivity contribution in [2.45, 2.75) is 12.4 Å². The second kappa shape index (κ2) is 20.4. The number of benzene rings is 9. The van der Waals surface area contributed by atoms with Crippen LogP contribution >= 0.6 is 14.1 Å². The number of nitrogens with zero attached hydrogens (tertiary/aromatic N) is 2. The van der Waals surface area contributed by atoms with E-state index in [9.17, 15) is 36.9 Å². The quantitative estimate of drug-likeness (QED) is 0.0540. The molecular formula is C58H41BF6N2O5P2. The van der Waals surface area contributed by atoms with Crippen LogP contribution < -0.4 is 45.5 Å². The molecule has 368 valence electrons. The maximum absolute atomic E-state index is 14.9. The number of halogens is 6. The summed E-state index contributed by atoms with van der Waals surface area (Å²) in [5, 5.41) is 21.9. The molecule has 0 aromatic heterocycles. The zero-order valence-corrected chi connectivity index (χ0v) is 40.6. The molecule has 74 heavy (non-hydrogen) atoms. The van der Waals surface area contributed by atoms with E-state index in [0.717, 1.165) is 0 Å². The van der Waals surface area contributed by atoms with Gasteiger partial charge in [0, 0.05) is 0 Å². The summed E-state index contributed by atoms with van der Waals surface area (Å²) < 4.78 is 127. The summed E-state index contributed by atoms with van der Waals surface area (Å²) in [6, 6.07) is 69.7. The maximum atomic E-state index is 14.9. The average Bonchev–Trinajstić information content (AvgIpc) is 3.44. The van der Waals surface area contributed by atoms with Crippen molar-refractivity contribution in [1.82, 2.24) is 0 Å². The number of hydrogen-bond donors (Lipinski definition) is 0. The Balaban J connectivity index is 1.47. The van der Waals surface area contributed by atoms with Crippen LogP contribution in [0.3, 0.4) is 0 Å². The molecule has 0 aliphatic heterocycles. The first-order chi connectivity index (χ1) is 35.7. The van der Waals surface area contributed by atoms with Gasteiger partial charge >= 0.3 is 425 Å². The van der Waals surface area contributed by atoms with Crippen LogP contribution in [-0.4, -0.2) is 7.32 Å². The molecule has 0 fully saturated rings. The third-order valence-electron chi connectivity index (χ3n) is 12.2. The molecule has 0 bridgehead atoms. The molecule has 9 aromatic carbocycles. The van der Waals surface area contributed by atoms with Crippen LogP contribution in [-0.2, 0) is 21.2 Å². The normalized spacial score (nSPS) is 12.9. The van der Waals surface area contributed by atoms with Crippen LogP contribution in [0.1, 0.15) is 22.3 Å². The minimum atomic E-state index is -5.51. The van der Waals surface area contributed by atoms with E-state index in [1.54, 1.807) is 206 Å². The van der Waals surface area contributed by atoms with Gasteiger partial charge in [-0.25, -0.2) is 0 Å². The first-order valence-corrected chi connectivity index (χ1v) is 27.0. The van der Waals surface area contributed by atoms with Crippen LogP contribution in [0, 0.1) is 22.7 Å². The molecule has 0 heterocycles. The van der Waals surface area contributed by atoms with Crippen LogP contribution in [0.2, 0.25) is 0 Å². The molecule has 0 atom stereocenters. The summed E-state index contributed by atoms with van der Waals surface area (Å²) in [5.41, 5.74) is -2.75. The van der Waals surface area contributed by atoms with Crippen LogP contribution in [0.15, 0.2) is 249 Å². The van der Waals surface area contributed by atoms with Crippen LogP contribution in [0.25, 0.3) is 0 Å². The Bertz CT molecular complexity index is 3020. The van der Waals surface area contributed by atoms with Crippen molar-refractivity contribution in [3.63, 3.8) is 0 Å². The first-order valence-electron chi connectivity index (χ1n) is 22.8. The fourth-order valence-electron chi connectivity index (χ4n) is 8.89. The molecule has 9 aromatic rings. The predicted octanol–water partition coefficient (Wildman–Crippen LogP) is 12.7. The summed E-state index contributed by atoms with van der Waals surface area (Å²) in [4.78, 5) is 0. The van der Waals surface area contributed by atoms with Gasteiger partial charge in [0.15, 0.2) is 0 Å². The van der Waals surface area contributed by atoms with Crippen LogP contribution in [0.5, 0.6) is 17.2 Å². The Kier molecular flexibility index (Phi) is 14.0. The van der Waals surface area contributed by atoms with Gasteiger partial charge in [0.1, 0.15) is 0 Å². The Morgan fingerprint density at radius 2 is 0.595 bits per heavy atom. The van der Waals surface area contributed by atoms with Crippen molar-refractivity contribution in [2.75, 3.05) is 0 Å². The molecule has 0 saturated carbocycles. The molecule has 0 N–H and O–H groups in total. The second-order valence-electron chi connectivity index (χ2n) is 16.7. The number of rotatable bonds is 16. The van der Waals surface area contributed by atoms with Gasteiger partial charge in [0.25, 0.3) is 0 Å². The second-order valence-corrected chi connectivity index (χ2v) is 24.5. The fraction of sp³-hybridized carbons (Fsp3) is 0.0345. The first kappa shape index (κ1) is 50.7. The zero-order chi connectivity index (χ0) is 51.9. The van der Waals surface area contributed by atoms with E-state index in [0.29, 0.717) is 44.0 Å². The number of alkyl halides is 6. The molecule has 0 spiro atoms. The molecule has 7 nitrogen and oxygen atoms in total. The summed E-state index contributed by atoms with van der Waals surface area (Å²) in [5.74, 6) is -0.641. The van der Waals surface area contributed by atoms with E-state index in [4.69, 9.17) is 22.6 Å². The van der Waals surface area contributed by atoms with Gasteiger partial charge in [-0.2, -0.15) is 0 Å². The predicted molar refractivity (Wildman–Crippen MR) is 279 cm³/mol. The Morgan fingerprint density at radius 3 is 0.824 bits per heavy atom. The molecule has 9 rings (SSSR count). The number of nitriles is 2. The summed E-state index contributed by atoms with van der Waals surface area (Å²) in [6.45, 7) is 0. The van der Waals surface area contributed by atoms with Crippen molar-refractivity contribution in [1.29, 1.82) is 10.5 Å². The van der Waals surface area contributed by atoms with E-state index in [-0.39, 0.29) is 28.7 Å². The Hall–Kier alpha value is -8.22. The van der Waals surface area contributed by atoms with Gasteiger partial charge in [-0.3, -0.25) is 0 Å². The molecule has 0 unspecified atom stereocenters. The van der Waals surface area contributed by atoms with Gasteiger partial charge in [-0.1, -0.05) is 0 Å². The zero-order valence-electron chi connectivity index (χ0n) is 38.8. The van der Waals surface area contributed by atoms with Crippen molar-refractivity contribution in [2.24, 2.45) is 0 Å². The minimum absolute atomic E-state index is 0.00143. The summed E-state index contributed by atoms with van der Waals surface area (Å²) in [6.07, 6.45) is -10.6. The summed E-state index contributed by atoms with van der Waals surface area (Å²) >= 11 is 0. The third-order valence-corrected chi connectivity index (χ3v) is 21.9. The van der Waals surface area contributed by atoms with Gasteiger partial charge in [-0.15, -0.1) is 0 Å². The monoisotopic (exact) mass is 1030 g/mol. The molecule has 16 heteroatoms. The molecule has 0 aliphatic carbocycles. The van der Waals surface area contributed by atoms with Crippen molar-refractivity contribution in [3.8, 4) is 29.4 Å².